The Kier molecular flexibility index (Phi) is 4.93. The molecule has 1 amide bonds. The van der Waals surface area contributed by atoms with Gasteiger partial charge in [0.25, 0.3) is 5.91 Å². The normalized spacial score (nSPS) is 9.79. The van der Waals surface area contributed by atoms with Crippen LogP contribution < -0.4 is 5.32 Å². The number of carbonyl (C=O) groups is 1. The zero-order chi connectivity index (χ0) is 10.2. The summed E-state index contributed by atoms with van der Waals surface area (Å²) in [6.45, 7) is 0.647. The van der Waals surface area contributed by atoms with Crippen molar-refractivity contribution in [2.24, 2.45) is 0 Å². The molecule has 1 rings (SSSR count). The van der Waals surface area contributed by atoms with E-state index in [9.17, 15) is 4.79 Å². The molecule has 0 aliphatic heterocycles. The third-order valence-corrected chi connectivity index (χ3v) is 1.96. The smallest absolute Gasteiger partial charge is 0.252 e. The predicted octanol–water partition coefficient (Wildman–Crippen LogP) is 1.23. The number of halogens is 1. The molecule has 1 N–H and O–H groups in total. The fourth-order valence-corrected chi connectivity index (χ4v) is 1.14. The lowest BCUT2D eigenvalue weighted by molar-refractivity contribution is 0.0952. The van der Waals surface area contributed by atoms with Gasteiger partial charge in [0.1, 0.15) is 0 Å². The van der Waals surface area contributed by atoms with Gasteiger partial charge >= 0.3 is 0 Å². The summed E-state index contributed by atoms with van der Waals surface area (Å²) < 4.78 is 0. The number of hydrogen-bond donors (Lipinski definition) is 1. The Hall–Kier alpha value is -1.16. The summed E-state index contributed by atoms with van der Waals surface area (Å²) in [6, 6.07) is 1.63. The van der Waals surface area contributed by atoms with Gasteiger partial charge < -0.3 is 5.32 Å². The van der Waals surface area contributed by atoms with E-state index in [1.54, 1.807) is 6.07 Å². The van der Waals surface area contributed by atoms with Crippen LogP contribution in [0, 0.1) is 0 Å². The highest BCUT2D eigenvalue weighted by molar-refractivity contribution is 6.17. The van der Waals surface area contributed by atoms with E-state index in [-0.39, 0.29) is 5.91 Å². The lowest BCUT2D eigenvalue weighted by Crippen LogP contribution is -2.24. The van der Waals surface area contributed by atoms with Crippen molar-refractivity contribution in [2.45, 2.75) is 12.8 Å². The second kappa shape index (κ2) is 6.32. The molecule has 0 saturated heterocycles. The molecular weight excluding hydrogens is 202 g/mol. The highest BCUT2D eigenvalue weighted by atomic mass is 35.5. The molecule has 0 atom stereocenters. The fourth-order valence-electron chi connectivity index (χ4n) is 0.948. The van der Waals surface area contributed by atoms with Crippen molar-refractivity contribution in [2.75, 3.05) is 12.4 Å². The Morgan fingerprint density at radius 3 is 2.93 bits per heavy atom. The number of unbranched alkanes of at least 4 members (excludes halogenated alkanes) is 1. The monoisotopic (exact) mass is 213 g/mol. The predicted molar refractivity (Wildman–Crippen MR) is 54.3 cm³/mol. The SMILES string of the molecule is O=C(NCCCCCl)c1ccnnc1. The highest BCUT2D eigenvalue weighted by Crippen LogP contribution is 1.94. The van der Waals surface area contributed by atoms with Crippen LogP contribution in [0.15, 0.2) is 18.5 Å². The van der Waals surface area contributed by atoms with Crippen LogP contribution in [0.3, 0.4) is 0 Å². The highest BCUT2D eigenvalue weighted by Gasteiger charge is 2.03. The minimum atomic E-state index is -0.116. The van der Waals surface area contributed by atoms with E-state index in [0.717, 1.165) is 12.8 Å². The van der Waals surface area contributed by atoms with E-state index in [2.05, 4.69) is 15.5 Å². The molecule has 0 fully saturated rings. The zero-order valence-corrected chi connectivity index (χ0v) is 8.50. The molecule has 0 spiro atoms. The average molecular weight is 214 g/mol. The van der Waals surface area contributed by atoms with Gasteiger partial charge in [-0.05, 0) is 18.9 Å². The zero-order valence-electron chi connectivity index (χ0n) is 7.74. The summed E-state index contributed by atoms with van der Waals surface area (Å²) in [4.78, 5) is 11.4. The number of rotatable bonds is 5. The summed E-state index contributed by atoms with van der Waals surface area (Å²) >= 11 is 5.50. The van der Waals surface area contributed by atoms with Crippen molar-refractivity contribution in [1.29, 1.82) is 0 Å². The molecule has 0 bridgehead atoms. The molecule has 5 heteroatoms. The van der Waals surface area contributed by atoms with Crippen molar-refractivity contribution in [3.63, 3.8) is 0 Å². The van der Waals surface area contributed by atoms with E-state index in [1.807, 2.05) is 0 Å². The molecule has 0 saturated carbocycles. The Morgan fingerprint density at radius 1 is 1.43 bits per heavy atom. The van der Waals surface area contributed by atoms with Crippen LogP contribution in [0.25, 0.3) is 0 Å². The van der Waals surface area contributed by atoms with E-state index in [0.29, 0.717) is 18.0 Å². The van der Waals surface area contributed by atoms with Gasteiger partial charge in [-0.25, -0.2) is 0 Å². The summed E-state index contributed by atoms with van der Waals surface area (Å²) in [5.74, 6) is 0.515. The van der Waals surface area contributed by atoms with Crippen molar-refractivity contribution in [3.05, 3.63) is 24.0 Å². The standard InChI is InChI=1S/C9H12ClN3O/c10-4-1-2-5-11-9(14)8-3-6-12-13-7-8/h3,6-7H,1-2,4-5H2,(H,11,14). The van der Waals surface area contributed by atoms with Gasteiger partial charge in [0, 0.05) is 12.4 Å². The number of carbonyl (C=O) groups excluding carboxylic acids is 1. The molecule has 14 heavy (non-hydrogen) atoms. The Bertz CT molecular complexity index is 279. The first-order valence-electron chi connectivity index (χ1n) is 4.45. The quantitative estimate of drug-likeness (QED) is 0.591. The first kappa shape index (κ1) is 10.9. The molecule has 1 aromatic rings. The maximum atomic E-state index is 11.4. The van der Waals surface area contributed by atoms with Gasteiger partial charge in [0.15, 0.2) is 0 Å². The molecule has 1 aromatic heterocycles. The summed E-state index contributed by atoms with van der Waals surface area (Å²) in [7, 11) is 0. The van der Waals surface area contributed by atoms with Crippen LogP contribution in [0.2, 0.25) is 0 Å². The minimum absolute atomic E-state index is 0.116. The summed E-state index contributed by atoms with van der Waals surface area (Å²) in [5.41, 5.74) is 0.533. The van der Waals surface area contributed by atoms with Crippen molar-refractivity contribution in [3.8, 4) is 0 Å². The maximum Gasteiger partial charge on any atom is 0.252 e. The molecule has 4 nitrogen and oxygen atoms in total. The van der Waals surface area contributed by atoms with Crippen molar-refractivity contribution >= 4 is 17.5 Å². The van der Waals surface area contributed by atoms with Gasteiger partial charge in [0.2, 0.25) is 0 Å². The van der Waals surface area contributed by atoms with E-state index in [1.165, 1.54) is 12.4 Å². The Labute approximate surface area is 87.7 Å². The van der Waals surface area contributed by atoms with Gasteiger partial charge in [-0.1, -0.05) is 0 Å². The topological polar surface area (TPSA) is 54.9 Å². The Morgan fingerprint density at radius 2 is 2.29 bits per heavy atom. The molecule has 1 heterocycles. The molecule has 0 radical (unpaired) electrons. The summed E-state index contributed by atoms with van der Waals surface area (Å²) in [5, 5.41) is 9.98. The number of nitrogens with zero attached hydrogens (tertiary/aromatic N) is 2. The van der Waals surface area contributed by atoms with Gasteiger partial charge in [-0.15, -0.1) is 11.6 Å². The number of alkyl halides is 1. The van der Waals surface area contributed by atoms with Gasteiger partial charge in [-0.3, -0.25) is 4.79 Å². The lowest BCUT2D eigenvalue weighted by atomic mass is 10.3. The van der Waals surface area contributed by atoms with Crippen LogP contribution in [0.1, 0.15) is 23.2 Å². The summed E-state index contributed by atoms with van der Waals surface area (Å²) in [6.07, 6.45) is 4.74. The second-order valence-electron chi connectivity index (χ2n) is 2.78. The molecule has 0 aromatic carbocycles. The third kappa shape index (κ3) is 3.70. The van der Waals surface area contributed by atoms with E-state index >= 15 is 0 Å². The maximum absolute atomic E-state index is 11.4. The van der Waals surface area contributed by atoms with Crippen LogP contribution >= 0.6 is 11.6 Å². The number of hydrogen-bond acceptors (Lipinski definition) is 3. The first-order chi connectivity index (χ1) is 6.84. The van der Waals surface area contributed by atoms with Crippen LogP contribution in [-0.2, 0) is 0 Å². The second-order valence-corrected chi connectivity index (χ2v) is 3.16. The number of amides is 1. The largest absolute Gasteiger partial charge is 0.352 e. The lowest BCUT2D eigenvalue weighted by Gasteiger charge is -2.02. The third-order valence-electron chi connectivity index (χ3n) is 1.69. The fraction of sp³-hybridized carbons (Fsp3) is 0.444. The molecule has 0 aliphatic carbocycles. The van der Waals surface area contributed by atoms with Crippen LogP contribution in [-0.4, -0.2) is 28.5 Å². The first-order valence-corrected chi connectivity index (χ1v) is 4.99. The molecule has 0 aliphatic rings. The average Bonchev–Trinajstić information content (AvgIpc) is 2.25. The molecular formula is C9H12ClN3O. The van der Waals surface area contributed by atoms with Gasteiger partial charge in [0.05, 0.1) is 18.0 Å². The molecule has 76 valence electrons. The Balaban J connectivity index is 2.29. The molecule has 0 unspecified atom stereocenters. The van der Waals surface area contributed by atoms with Crippen molar-refractivity contribution in [1.82, 2.24) is 15.5 Å². The minimum Gasteiger partial charge on any atom is -0.352 e. The van der Waals surface area contributed by atoms with Gasteiger partial charge in [-0.2, -0.15) is 10.2 Å². The van der Waals surface area contributed by atoms with Crippen molar-refractivity contribution < 1.29 is 4.79 Å². The number of aromatic nitrogens is 2. The van der Waals surface area contributed by atoms with Crippen LogP contribution in [0.4, 0.5) is 0 Å². The van der Waals surface area contributed by atoms with E-state index < -0.39 is 0 Å². The van der Waals surface area contributed by atoms with E-state index in [4.69, 9.17) is 11.6 Å². The van der Waals surface area contributed by atoms with Crippen LogP contribution in [0.5, 0.6) is 0 Å². The number of nitrogens with one attached hydrogen (secondary N) is 1.